The first-order valence-corrected chi connectivity index (χ1v) is 11.3. The molecule has 3 aromatic carbocycles. The van der Waals surface area contributed by atoms with Gasteiger partial charge in [0.1, 0.15) is 17.9 Å². The maximum Gasteiger partial charge on any atom is 0.407 e. The molecule has 0 unspecified atom stereocenters. The van der Waals surface area contributed by atoms with Crippen LogP contribution in [0.5, 0.6) is 5.75 Å². The Morgan fingerprint density at radius 1 is 0.943 bits per heavy atom. The Hall–Kier alpha value is -4.39. The van der Waals surface area contributed by atoms with Crippen molar-refractivity contribution in [1.29, 1.82) is 0 Å². The Morgan fingerprint density at radius 2 is 1.66 bits per heavy atom. The van der Waals surface area contributed by atoms with Crippen LogP contribution in [-0.2, 0) is 16.1 Å². The molecule has 0 aliphatic heterocycles. The van der Waals surface area contributed by atoms with E-state index in [0.717, 1.165) is 16.7 Å². The van der Waals surface area contributed by atoms with E-state index in [0.29, 0.717) is 28.7 Å². The maximum atomic E-state index is 12.6. The number of amides is 1. The minimum atomic E-state index is -0.547. The molecule has 0 atom stereocenters. The van der Waals surface area contributed by atoms with Crippen LogP contribution in [-0.4, -0.2) is 18.6 Å². The summed E-state index contributed by atoms with van der Waals surface area (Å²) in [5.41, 5.74) is 2.98. The molecule has 4 aromatic rings. The van der Waals surface area contributed by atoms with Crippen molar-refractivity contribution in [1.82, 2.24) is 5.32 Å². The molecule has 1 N–H and O–H groups in total. The van der Waals surface area contributed by atoms with E-state index >= 15 is 0 Å². The number of nitrogens with one attached hydrogen (secondary N) is 1. The summed E-state index contributed by atoms with van der Waals surface area (Å²) >= 11 is 0. The second kappa shape index (κ2) is 11.2. The second-order valence-electron chi connectivity index (χ2n) is 8.05. The summed E-state index contributed by atoms with van der Waals surface area (Å²) < 4.78 is 16.2. The molecular weight excluding hydrogens is 446 g/mol. The lowest BCUT2D eigenvalue weighted by atomic mass is 10.0. The molecule has 1 aromatic heterocycles. The van der Waals surface area contributed by atoms with Crippen molar-refractivity contribution in [2.24, 2.45) is 0 Å². The number of esters is 1. The summed E-state index contributed by atoms with van der Waals surface area (Å²) in [6, 6.07) is 23.6. The highest BCUT2D eigenvalue weighted by Gasteiger charge is 2.16. The Kier molecular flexibility index (Phi) is 7.57. The number of carbonyl (C=O) groups is 2. The fourth-order valence-electron chi connectivity index (χ4n) is 3.69. The third kappa shape index (κ3) is 6.35. The predicted octanol–water partition coefficient (Wildman–Crippen LogP) is 5.38. The topological polar surface area (TPSA) is 94.8 Å². The van der Waals surface area contributed by atoms with Gasteiger partial charge in [0.2, 0.25) is 0 Å². The average Bonchev–Trinajstić information content (AvgIpc) is 2.85. The third-order valence-corrected chi connectivity index (χ3v) is 5.30. The smallest absolute Gasteiger partial charge is 0.407 e. The molecule has 0 radical (unpaired) electrons. The van der Waals surface area contributed by atoms with E-state index in [1.54, 1.807) is 12.1 Å². The fourth-order valence-corrected chi connectivity index (χ4v) is 3.69. The summed E-state index contributed by atoms with van der Waals surface area (Å²) in [5.74, 6) is -0.135. The Morgan fingerprint density at radius 3 is 2.40 bits per heavy atom. The van der Waals surface area contributed by atoms with Crippen LogP contribution in [0.3, 0.4) is 0 Å². The Bertz CT molecular complexity index is 1380. The zero-order chi connectivity index (χ0) is 24.6. The quantitative estimate of drug-likeness (QED) is 0.160. The molecule has 7 nitrogen and oxygen atoms in total. The lowest BCUT2D eigenvalue weighted by Crippen LogP contribution is -2.26. The van der Waals surface area contributed by atoms with Gasteiger partial charge in [-0.2, -0.15) is 0 Å². The highest BCUT2D eigenvalue weighted by atomic mass is 16.5. The van der Waals surface area contributed by atoms with Crippen molar-refractivity contribution < 1.29 is 23.5 Å². The number of hydrogen-bond acceptors (Lipinski definition) is 6. The van der Waals surface area contributed by atoms with E-state index in [1.165, 1.54) is 6.07 Å². The van der Waals surface area contributed by atoms with Crippen molar-refractivity contribution in [2.75, 3.05) is 6.54 Å². The van der Waals surface area contributed by atoms with Gasteiger partial charge in [-0.15, -0.1) is 0 Å². The minimum absolute atomic E-state index is 0.0891. The van der Waals surface area contributed by atoms with Crippen LogP contribution < -0.4 is 15.7 Å². The largest absolute Gasteiger partial charge is 0.445 e. The zero-order valence-electron chi connectivity index (χ0n) is 19.3. The fraction of sp³-hybridized carbons (Fsp3) is 0.179. The molecule has 4 rings (SSSR count). The van der Waals surface area contributed by atoms with Crippen molar-refractivity contribution in [3.05, 3.63) is 100 Å². The normalized spacial score (nSPS) is 10.7. The van der Waals surface area contributed by atoms with Crippen molar-refractivity contribution >= 4 is 23.0 Å². The summed E-state index contributed by atoms with van der Waals surface area (Å²) in [6.07, 6.45) is -0.0791. The first-order chi connectivity index (χ1) is 17.0. The number of fused-ring (bicyclic) bond motifs is 1. The third-order valence-electron chi connectivity index (χ3n) is 5.30. The van der Waals surface area contributed by atoms with Crippen molar-refractivity contribution in [3.63, 3.8) is 0 Å². The SMILES string of the molecule is Cc1cc(OC(=O)CCCNC(=O)OCc2ccccc2)c2c(-c3ccccc3)cc(=O)oc2c1. The van der Waals surface area contributed by atoms with Gasteiger partial charge in [-0.3, -0.25) is 4.79 Å². The van der Waals surface area contributed by atoms with Gasteiger partial charge in [-0.25, -0.2) is 9.59 Å². The Labute approximate surface area is 202 Å². The van der Waals surface area contributed by atoms with E-state index in [4.69, 9.17) is 13.9 Å². The van der Waals surface area contributed by atoms with Crippen LogP contribution in [0.15, 0.2) is 88.1 Å². The molecule has 0 saturated carbocycles. The number of rotatable bonds is 8. The lowest BCUT2D eigenvalue weighted by Gasteiger charge is -2.12. The summed E-state index contributed by atoms with van der Waals surface area (Å²) in [4.78, 5) is 36.6. The molecule has 178 valence electrons. The first-order valence-electron chi connectivity index (χ1n) is 11.3. The van der Waals surface area contributed by atoms with Gasteiger partial charge < -0.3 is 19.2 Å². The van der Waals surface area contributed by atoms with Crippen LogP contribution >= 0.6 is 0 Å². The standard InChI is InChI=1S/C28H25NO6/c1-19-15-23(27-22(21-11-6-3-7-12-21)17-26(31)35-24(27)16-19)34-25(30)13-8-14-29-28(32)33-18-20-9-4-2-5-10-20/h2-7,9-12,15-17H,8,13-14,18H2,1H3,(H,29,32). The highest BCUT2D eigenvalue weighted by Crippen LogP contribution is 2.35. The maximum absolute atomic E-state index is 12.6. The van der Waals surface area contributed by atoms with Gasteiger partial charge in [0, 0.05) is 24.6 Å². The number of carbonyl (C=O) groups excluding carboxylic acids is 2. The second-order valence-corrected chi connectivity index (χ2v) is 8.05. The van der Waals surface area contributed by atoms with E-state index in [1.807, 2.05) is 67.6 Å². The molecule has 0 saturated heterocycles. The van der Waals surface area contributed by atoms with Crippen LogP contribution in [0.25, 0.3) is 22.1 Å². The molecule has 0 fully saturated rings. The van der Waals surface area contributed by atoms with Crippen LogP contribution in [0, 0.1) is 6.92 Å². The van der Waals surface area contributed by atoms with E-state index in [-0.39, 0.29) is 19.6 Å². The number of alkyl carbamates (subject to hydrolysis) is 1. The molecule has 1 amide bonds. The lowest BCUT2D eigenvalue weighted by molar-refractivity contribution is -0.134. The van der Waals surface area contributed by atoms with Crippen LogP contribution in [0.2, 0.25) is 0 Å². The summed E-state index contributed by atoms with van der Waals surface area (Å²) in [7, 11) is 0. The first kappa shape index (κ1) is 23.8. The van der Waals surface area contributed by atoms with E-state index < -0.39 is 17.7 Å². The number of ether oxygens (including phenoxy) is 2. The van der Waals surface area contributed by atoms with E-state index in [2.05, 4.69) is 5.32 Å². The van der Waals surface area contributed by atoms with E-state index in [9.17, 15) is 14.4 Å². The predicted molar refractivity (Wildman–Crippen MR) is 132 cm³/mol. The summed E-state index contributed by atoms with van der Waals surface area (Å²) in [6.45, 7) is 2.27. The molecule has 7 heteroatoms. The van der Waals surface area contributed by atoms with Gasteiger partial charge >= 0.3 is 17.7 Å². The highest BCUT2D eigenvalue weighted by molar-refractivity contribution is 5.99. The van der Waals surface area contributed by atoms with Crippen LogP contribution in [0.1, 0.15) is 24.0 Å². The molecular formula is C28H25NO6. The Balaban J connectivity index is 1.39. The van der Waals surface area contributed by atoms with Crippen molar-refractivity contribution in [3.8, 4) is 16.9 Å². The molecule has 1 heterocycles. The molecule has 0 spiro atoms. The summed E-state index contributed by atoms with van der Waals surface area (Å²) in [5, 5.41) is 3.18. The average molecular weight is 472 g/mol. The van der Waals surface area contributed by atoms with Gasteiger partial charge in [0.15, 0.2) is 0 Å². The van der Waals surface area contributed by atoms with Gasteiger partial charge in [-0.1, -0.05) is 60.7 Å². The monoisotopic (exact) mass is 471 g/mol. The zero-order valence-corrected chi connectivity index (χ0v) is 19.3. The molecule has 0 aliphatic rings. The molecule has 35 heavy (non-hydrogen) atoms. The minimum Gasteiger partial charge on any atom is -0.445 e. The van der Waals surface area contributed by atoms with Gasteiger partial charge in [0.05, 0.1) is 5.39 Å². The molecule has 0 bridgehead atoms. The van der Waals surface area contributed by atoms with Crippen molar-refractivity contribution in [2.45, 2.75) is 26.4 Å². The number of benzene rings is 3. The molecule has 0 aliphatic carbocycles. The van der Waals surface area contributed by atoms with Crippen LogP contribution in [0.4, 0.5) is 4.79 Å². The number of hydrogen-bond donors (Lipinski definition) is 1. The number of aryl methyl sites for hydroxylation is 1. The van der Waals surface area contributed by atoms with Gasteiger partial charge in [-0.05, 0) is 42.2 Å². The van der Waals surface area contributed by atoms with Gasteiger partial charge in [0.25, 0.3) is 0 Å².